The minimum absolute atomic E-state index is 0.126. The van der Waals surface area contributed by atoms with E-state index in [1.165, 1.54) is 24.3 Å². The van der Waals surface area contributed by atoms with E-state index in [4.69, 9.17) is 0 Å². The predicted molar refractivity (Wildman–Crippen MR) is 83.8 cm³/mol. The molecule has 0 aromatic heterocycles. The third-order valence-corrected chi connectivity index (χ3v) is 3.26. The molecule has 0 atom stereocenters. The number of nitrogens with one attached hydrogen (secondary N) is 2. The molecular formula is C16H15N3O4. The lowest BCUT2D eigenvalue weighted by molar-refractivity contribution is -0.385. The zero-order valence-electron chi connectivity index (χ0n) is 12.4. The van der Waals surface area contributed by atoms with E-state index in [0.717, 1.165) is 12.0 Å². The molecule has 118 valence electrons. The maximum atomic E-state index is 12.0. The Hall–Kier alpha value is -3.22. The fraction of sp³-hybridized carbons (Fsp3) is 0.125. The van der Waals surface area contributed by atoms with Crippen LogP contribution in [0, 0.1) is 10.1 Å². The van der Waals surface area contributed by atoms with Crippen molar-refractivity contribution < 1.29 is 14.5 Å². The molecule has 0 aliphatic heterocycles. The number of hydrogen-bond donors (Lipinski definition) is 2. The lowest BCUT2D eigenvalue weighted by atomic mass is 10.1. The smallest absolute Gasteiger partial charge is 0.267 e. The van der Waals surface area contributed by atoms with Gasteiger partial charge in [0.05, 0.1) is 4.92 Å². The zero-order valence-corrected chi connectivity index (χ0v) is 12.4. The number of nitro benzene ring substituents is 1. The SMILES string of the molecule is CCc1ccc(C(=O)NNC(=O)c2ccccc2[N+](=O)[O-])cc1. The first-order valence-corrected chi connectivity index (χ1v) is 6.96. The Labute approximate surface area is 132 Å². The van der Waals surface area contributed by atoms with E-state index in [2.05, 4.69) is 10.9 Å². The number of hydrazine groups is 1. The number of nitro groups is 1. The second-order valence-corrected chi connectivity index (χ2v) is 4.73. The summed E-state index contributed by atoms with van der Waals surface area (Å²) in [6.07, 6.45) is 0.857. The van der Waals surface area contributed by atoms with Crippen LogP contribution in [0.4, 0.5) is 5.69 Å². The Bertz CT molecular complexity index is 741. The predicted octanol–water partition coefficient (Wildman–Crippen LogP) is 2.23. The van der Waals surface area contributed by atoms with E-state index in [1.54, 1.807) is 12.1 Å². The van der Waals surface area contributed by atoms with Crippen molar-refractivity contribution in [3.05, 3.63) is 75.3 Å². The topological polar surface area (TPSA) is 101 Å². The molecule has 0 aliphatic carbocycles. The molecule has 0 spiro atoms. The van der Waals surface area contributed by atoms with Crippen molar-refractivity contribution in [2.75, 3.05) is 0 Å². The Morgan fingerprint density at radius 3 is 2.22 bits per heavy atom. The van der Waals surface area contributed by atoms with Crippen LogP contribution in [0.3, 0.4) is 0 Å². The van der Waals surface area contributed by atoms with Crippen LogP contribution in [0.15, 0.2) is 48.5 Å². The molecule has 0 radical (unpaired) electrons. The average Bonchev–Trinajstić information content (AvgIpc) is 2.59. The molecule has 0 aliphatic rings. The third-order valence-electron chi connectivity index (χ3n) is 3.26. The highest BCUT2D eigenvalue weighted by Gasteiger charge is 2.19. The molecule has 2 amide bonds. The number of aryl methyl sites for hydroxylation is 1. The van der Waals surface area contributed by atoms with Crippen molar-refractivity contribution in [2.45, 2.75) is 13.3 Å². The van der Waals surface area contributed by atoms with Crippen LogP contribution < -0.4 is 10.9 Å². The maximum Gasteiger partial charge on any atom is 0.282 e. The quantitative estimate of drug-likeness (QED) is 0.667. The van der Waals surface area contributed by atoms with Gasteiger partial charge in [-0.15, -0.1) is 0 Å². The molecule has 0 bridgehead atoms. The number of hydrogen-bond acceptors (Lipinski definition) is 4. The van der Waals surface area contributed by atoms with E-state index < -0.39 is 16.7 Å². The van der Waals surface area contributed by atoms with Crippen LogP contribution in [0.1, 0.15) is 33.2 Å². The molecule has 2 N–H and O–H groups in total. The molecule has 23 heavy (non-hydrogen) atoms. The van der Waals surface area contributed by atoms with Gasteiger partial charge in [-0.25, -0.2) is 0 Å². The zero-order chi connectivity index (χ0) is 16.8. The number of amides is 2. The Kier molecular flexibility index (Phi) is 5.03. The Balaban J connectivity index is 2.04. The van der Waals surface area contributed by atoms with Gasteiger partial charge in [-0.3, -0.25) is 30.6 Å². The summed E-state index contributed by atoms with van der Waals surface area (Å²) in [6.45, 7) is 2.00. The minimum atomic E-state index is -0.754. The molecule has 2 rings (SSSR count). The standard InChI is InChI=1S/C16H15N3O4/c1-2-11-7-9-12(10-8-11)15(20)17-18-16(21)13-5-3-4-6-14(13)19(22)23/h3-10H,2H2,1H3,(H,17,20)(H,18,21). The van der Waals surface area contributed by atoms with Gasteiger partial charge in [0.25, 0.3) is 17.5 Å². The first kappa shape index (κ1) is 16.2. The number of carbonyl (C=O) groups excluding carboxylic acids is 2. The van der Waals surface area contributed by atoms with Gasteiger partial charge in [-0.1, -0.05) is 31.2 Å². The molecule has 2 aromatic carbocycles. The fourth-order valence-electron chi connectivity index (χ4n) is 1.97. The largest absolute Gasteiger partial charge is 0.282 e. The van der Waals surface area contributed by atoms with Gasteiger partial charge in [-0.2, -0.15) is 0 Å². The Morgan fingerprint density at radius 2 is 1.61 bits per heavy atom. The van der Waals surface area contributed by atoms with Crippen molar-refractivity contribution >= 4 is 17.5 Å². The van der Waals surface area contributed by atoms with Crippen molar-refractivity contribution in [1.82, 2.24) is 10.9 Å². The van der Waals surface area contributed by atoms with Gasteiger partial charge >= 0.3 is 0 Å². The van der Waals surface area contributed by atoms with Crippen molar-refractivity contribution in [2.24, 2.45) is 0 Å². The number of carbonyl (C=O) groups is 2. The molecular weight excluding hydrogens is 298 g/mol. The normalized spacial score (nSPS) is 9.96. The van der Waals surface area contributed by atoms with E-state index in [1.807, 2.05) is 19.1 Å². The fourth-order valence-corrected chi connectivity index (χ4v) is 1.97. The van der Waals surface area contributed by atoms with Crippen LogP contribution in [-0.2, 0) is 6.42 Å². The van der Waals surface area contributed by atoms with Gasteiger partial charge in [0.2, 0.25) is 0 Å². The second-order valence-electron chi connectivity index (χ2n) is 4.73. The third kappa shape index (κ3) is 3.91. The number of para-hydroxylation sites is 1. The van der Waals surface area contributed by atoms with Gasteiger partial charge in [0, 0.05) is 11.6 Å². The van der Waals surface area contributed by atoms with Gasteiger partial charge in [0.1, 0.15) is 5.56 Å². The summed E-state index contributed by atoms with van der Waals surface area (Å²) in [7, 11) is 0. The summed E-state index contributed by atoms with van der Waals surface area (Å²) in [4.78, 5) is 34.1. The van der Waals surface area contributed by atoms with Crippen LogP contribution in [0.5, 0.6) is 0 Å². The molecule has 7 nitrogen and oxygen atoms in total. The average molecular weight is 313 g/mol. The number of benzene rings is 2. The summed E-state index contributed by atoms with van der Waals surface area (Å²) in [6, 6.07) is 12.4. The van der Waals surface area contributed by atoms with Gasteiger partial charge < -0.3 is 0 Å². The molecule has 7 heteroatoms. The van der Waals surface area contributed by atoms with E-state index in [0.29, 0.717) is 5.56 Å². The highest BCUT2D eigenvalue weighted by molar-refractivity contribution is 6.01. The molecule has 0 saturated carbocycles. The summed E-state index contributed by atoms with van der Waals surface area (Å²) in [5.41, 5.74) is 5.43. The second kappa shape index (κ2) is 7.17. The summed E-state index contributed by atoms with van der Waals surface area (Å²) < 4.78 is 0. The number of rotatable bonds is 4. The Morgan fingerprint density at radius 1 is 1.00 bits per heavy atom. The number of nitrogens with zero attached hydrogens (tertiary/aromatic N) is 1. The van der Waals surface area contributed by atoms with Gasteiger partial charge in [0.15, 0.2) is 0 Å². The van der Waals surface area contributed by atoms with Crippen LogP contribution >= 0.6 is 0 Å². The summed E-state index contributed by atoms with van der Waals surface area (Å²) >= 11 is 0. The van der Waals surface area contributed by atoms with Crippen LogP contribution in [0.2, 0.25) is 0 Å². The monoisotopic (exact) mass is 313 g/mol. The summed E-state index contributed by atoms with van der Waals surface area (Å²) in [5.74, 6) is -1.25. The molecule has 0 fully saturated rings. The minimum Gasteiger partial charge on any atom is -0.267 e. The van der Waals surface area contributed by atoms with Crippen molar-refractivity contribution in [3.8, 4) is 0 Å². The highest BCUT2D eigenvalue weighted by atomic mass is 16.6. The molecule has 0 heterocycles. The maximum absolute atomic E-state index is 12.0. The lowest BCUT2D eigenvalue weighted by Crippen LogP contribution is -2.41. The summed E-state index contributed by atoms with van der Waals surface area (Å²) in [5, 5.41) is 10.9. The molecule has 0 unspecified atom stereocenters. The van der Waals surface area contributed by atoms with E-state index in [9.17, 15) is 19.7 Å². The highest BCUT2D eigenvalue weighted by Crippen LogP contribution is 2.16. The van der Waals surface area contributed by atoms with Crippen LogP contribution in [-0.4, -0.2) is 16.7 Å². The molecule has 0 saturated heterocycles. The first-order chi connectivity index (χ1) is 11.0. The van der Waals surface area contributed by atoms with E-state index in [-0.39, 0.29) is 11.3 Å². The lowest BCUT2D eigenvalue weighted by Gasteiger charge is -2.08. The van der Waals surface area contributed by atoms with Gasteiger partial charge in [-0.05, 0) is 30.2 Å². The van der Waals surface area contributed by atoms with E-state index >= 15 is 0 Å². The van der Waals surface area contributed by atoms with Crippen molar-refractivity contribution in [3.63, 3.8) is 0 Å². The first-order valence-electron chi connectivity index (χ1n) is 6.96. The molecule has 2 aromatic rings. The van der Waals surface area contributed by atoms with Crippen LogP contribution in [0.25, 0.3) is 0 Å². The van der Waals surface area contributed by atoms with Crippen molar-refractivity contribution in [1.29, 1.82) is 0 Å².